The van der Waals surface area contributed by atoms with Gasteiger partial charge in [-0.1, -0.05) is 6.07 Å². The van der Waals surface area contributed by atoms with Gasteiger partial charge in [-0.25, -0.2) is 9.37 Å². The summed E-state index contributed by atoms with van der Waals surface area (Å²) in [6.45, 7) is 6.37. The number of ether oxygens (including phenoxy) is 1. The number of nitrogens with one attached hydrogen (secondary N) is 1. The van der Waals surface area contributed by atoms with Crippen LogP contribution >= 0.6 is 11.3 Å². The van der Waals surface area contributed by atoms with E-state index in [1.807, 2.05) is 13.8 Å². The molecule has 1 aromatic carbocycles. The van der Waals surface area contributed by atoms with E-state index >= 15 is 0 Å². The second-order valence-corrected chi connectivity index (χ2v) is 7.93. The summed E-state index contributed by atoms with van der Waals surface area (Å²) in [7, 11) is 0. The maximum absolute atomic E-state index is 13.6. The number of nitrogens with zero attached hydrogens (tertiary/aromatic N) is 2. The molecule has 0 aliphatic carbocycles. The molecule has 1 amide bonds. The van der Waals surface area contributed by atoms with Crippen LogP contribution in [0.1, 0.15) is 22.9 Å². The summed E-state index contributed by atoms with van der Waals surface area (Å²) >= 11 is 1.42. The quantitative estimate of drug-likeness (QED) is 0.645. The summed E-state index contributed by atoms with van der Waals surface area (Å²) in [6.07, 6.45) is 0.172. The van der Waals surface area contributed by atoms with E-state index in [1.165, 1.54) is 36.7 Å². The molecule has 29 heavy (non-hydrogen) atoms. The molecule has 3 rings (SSSR count). The van der Waals surface area contributed by atoms with Crippen LogP contribution in [0.15, 0.2) is 29.3 Å². The fourth-order valence-electron chi connectivity index (χ4n) is 2.72. The molecular weight excluding hydrogens is 397 g/mol. The normalized spacial score (nSPS) is 12.0. The summed E-state index contributed by atoms with van der Waals surface area (Å²) in [5.41, 5.74) is 1.22. The van der Waals surface area contributed by atoms with Crippen LogP contribution in [-0.2, 0) is 20.9 Å². The molecule has 0 aliphatic heterocycles. The zero-order valence-corrected chi connectivity index (χ0v) is 17.2. The maximum Gasteiger partial charge on any atom is 0.326 e. The topological polar surface area (TPSA) is 90.3 Å². The van der Waals surface area contributed by atoms with Crippen molar-refractivity contribution in [2.24, 2.45) is 0 Å². The van der Waals surface area contributed by atoms with Crippen LogP contribution in [0.4, 0.5) is 10.1 Å². The van der Waals surface area contributed by atoms with Gasteiger partial charge in [0.15, 0.2) is 6.10 Å². The lowest BCUT2D eigenvalue weighted by Gasteiger charge is -2.14. The zero-order valence-electron chi connectivity index (χ0n) is 16.4. The van der Waals surface area contributed by atoms with Crippen LogP contribution in [0.3, 0.4) is 0 Å². The lowest BCUT2D eigenvalue weighted by atomic mass is 10.2. The van der Waals surface area contributed by atoms with E-state index in [1.54, 1.807) is 13.0 Å². The van der Waals surface area contributed by atoms with E-state index in [4.69, 9.17) is 4.74 Å². The molecule has 2 aromatic heterocycles. The highest BCUT2D eigenvalue weighted by molar-refractivity contribution is 7.18. The van der Waals surface area contributed by atoms with Crippen LogP contribution in [0.2, 0.25) is 0 Å². The molecule has 1 atom stereocenters. The van der Waals surface area contributed by atoms with E-state index in [0.29, 0.717) is 15.8 Å². The highest BCUT2D eigenvalue weighted by atomic mass is 32.1. The fraction of sp³-hybridized carbons (Fsp3) is 0.300. The molecule has 0 unspecified atom stereocenters. The number of halogens is 1. The molecule has 0 fully saturated rings. The number of aromatic nitrogens is 2. The Morgan fingerprint density at radius 3 is 2.72 bits per heavy atom. The van der Waals surface area contributed by atoms with Gasteiger partial charge in [-0.3, -0.25) is 19.0 Å². The Labute approximate surface area is 170 Å². The number of amides is 1. The van der Waals surface area contributed by atoms with Gasteiger partial charge in [0.2, 0.25) is 0 Å². The van der Waals surface area contributed by atoms with Crippen LogP contribution in [0.25, 0.3) is 10.2 Å². The Morgan fingerprint density at radius 2 is 2.03 bits per heavy atom. The number of hydrogen-bond donors (Lipinski definition) is 1. The largest absolute Gasteiger partial charge is 0.451 e. The minimum absolute atomic E-state index is 0.259. The summed E-state index contributed by atoms with van der Waals surface area (Å²) in [5.74, 6) is -1.81. The molecule has 7 nitrogen and oxygen atoms in total. The third kappa shape index (κ3) is 4.34. The van der Waals surface area contributed by atoms with Crippen LogP contribution in [0, 0.1) is 26.6 Å². The van der Waals surface area contributed by atoms with Gasteiger partial charge >= 0.3 is 5.97 Å². The molecule has 9 heteroatoms. The smallest absolute Gasteiger partial charge is 0.326 e. The van der Waals surface area contributed by atoms with Crippen molar-refractivity contribution >= 4 is 39.1 Å². The van der Waals surface area contributed by atoms with Crippen molar-refractivity contribution in [3.05, 3.63) is 56.7 Å². The van der Waals surface area contributed by atoms with Gasteiger partial charge in [-0.05, 0) is 51.0 Å². The summed E-state index contributed by atoms with van der Waals surface area (Å²) in [5, 5.41) is 2.97. The number of thiophene rings is 1. The Kier molecular flexibility index (Phi) is 5.78. The van der Waals surface area contributed by atoms with Crippen molar-refractivity contribution in [3.63, 3.8) is 0 Å². The van der Waals surface area contributed by atoms with Gasteiger partial charge in [0.05, 0.1) is 11.7 Å². The third-order valence-electron chi connectivity index (χ3n) is 4.57. The minimum atomic E-state index is -1.12. The average molecular weight is 417 g/mol. The Balaban J connectivity index is 1.67. The number of rotatable bonds is 5. The molecule has 0 bridgehead atoms. The summed E-state index contributed by atoms with van der Waals surface area (Å²) < 4.78 is 19.9. The highest BCUT2D eigenvalue weighted by Crippen LogP contribution is 2.25. The number of carbonyl (C=O) groups is 2. The maximum atomic E-state index is 13.6. The van der Waals surface area contributed by atoms with Crippen molar-refractivity contribution in [1.29, 1.82) is 0 Å². The van der Waals surface area contributed by atoms with E-state index in [9.17, 15) is 18.8 Å². The average Bonchev–Trinajstić information content (AvgIpc) is 2.95. The van der Waals surface area contributed by atoms with E-state index in [0.717, 1.165) is 15.0 Å². The van der Waals surface area contributed by atoms with E-state index in [-0.39, 0.29) is 17.8 Å². The number of aryl methyl sites for hydroxylation is 3. The molecule has 3 aromatic rings. The molecule has 1 N–H and O–H groups in total. The highest BCUT2D eigenvalue weighted by Gasteiger charge is 2.20. The molecule has 0 radical (unpaired) electrons. The van der Waals surface area contributed by atoms with Crippen molar-refractivity contribution < 1.29 is 18.7 Å². The van der Waals surface area contributed by atoms with Gasteiger partial charge in [-0.2, -0.15) is 0 Å². The first-order valence-corrected chi connectivity index (χ1v) is 9.70. The van der Waals surface area contributed by atoms with Crippen LogP contribution < -0.4 is 10.9 Å². The first-order valence-electron chi connectivity index (χ1n) is 8.89. The Bertz CT molecular complexity index is 1170. The lowest BCUT2D eigenvalue weighted by molar-refractivity contribution is -0.153. The van der Waals surface area contributed by atoms with Crippen molar-refractivity contribution in [2.45, 2.75) is 40.3 Å². The van der Waals surface area contributed by atoms with Gasteiger partial charge in [0.1, 0.15) is 17.2 Å². The Morgan fingerprint density at radius 1 is 1.31 bits per heavy atom. The van der Waals surface area contributed by atoms with Gasteiger partial charge in [0.25, 0.3) is 11.5 Å². The minimum Gasteiger partial charge on any atom is -0.451 e. The molecule has 0 aliphatic rings. The number of hydrogen-bond acceptors (Lipinski definition) is 6. The number of carbonyl (C=O) groups excluding carboxylic acids is 2. The molecule has 152 valence electrons. The van der Waals surface area contributed by atoms with Crippen LogP contribution in [0.5, 0.6) is 0 Å². The van der Waals surface area contributed by atoms with E-state index < -0.39 is 23.8 Å². The molecule has 0 saturated heterocycles. The Hall–Kier alpha value is -3.07. The van der Waals surface area contributed by atoms with Gasteiger partial charge in [-0.15, -0.1) is 11.3 Å². The molecule has 0 saturated carbocycles. The van der Waals surface area contributed by atoms with Crippen molar-refractivity contribution in [3.8, 4) is 0 Å². The van der Waals surface area contributed by atoms with Crippen LogP contribution in [-0.4, -0.2) is 27.5 Å². The summed E-state index contributed by atoms with van der Waals surface area (Å²) in [4.78, 5) is 42.9. The van der Waals surface area contributed by atoms with Gasteiger partial charge in [0, 0.05) is 10.6 Å². The van der Waals surface area contributed by atoms with Gasteiger partial charge < -0.3 is 10.1 Å². The van der Waals surface area contributed by atoms with Crippen molar-refractivity contribution in [2.75, 3.05) is 5.32 Å². The second-order valence-electron chi connectivity index (χ2n) is 6.73. The first kappa shape index (κ1) is 20.7. The predicted molar refractivity (Wildman–Crippen MR) is 109 cm³/mol. The SMILES string of the molecule is Cc1ccc(NC(=O)[C@@H](C)OC(=O)Cn2cnc3sc(C)c(C)c3c2=O)cc1F. The molecule has 2 heterocycles. The molecular formula is C20H20FN3O4S. The van der Waals surface area contributed by atoms with E-state index in [2.05, 4.69) is 10.3 Å². The second kappa shape index (κ2) is 8.12. The molecule has 0 spiro atoms. The number of anilines is 1. The fourth-order valence-corrected chi connectivity index (χ4v) is 3.71. The zero-order chi connectivity index (χ0) is 21.3. The number of benzene rings is 1. The lowest BCUT2D eigenvalue weighted by Crippen LogP contribution is -2.33. The number of fused-ring (bicyclic) bond motifs is 1. The third-order valence-corrected chi connectivity index (χ3v) is 5.69. The number of esters is 1. The summed E-state index contributed by atoms with van der Waals surface area (Å²) in [6, 6.07) is 4.27. The first-order chi connectivity index (χ1) is 13.7. The predicted octanol–water partition coefficient (Wildman–Crippen LogP) is 3.09. The van der Waals surface area contributed by atoms with Crippen molar-refractivity contribution in [1.82, 2.24) is 9.55 Å². The monoisotopic (exact) mass is 417 g/mol. The standard InChI is InChI=1S/C20H20FN3O4S/c1-10-5-6-14(7-15(10)21)23-18(26)12(3)28-16(25)8-24-9-22-19-17(20(24)27)11(2)13(4)29-19/h5-7,9,12H,8H2,1-4H3,(H,23,26)/t12-/m1/s1.